The van der Waals surface area contributed by atoms with Gasteiger partial charge in [-0.1, -0.05) is 36.6 Å². The fourth-order valence-corrected chi connectivity index (χ4v) is 4.85. The van der Waals surface area contributed by atoms with E-state index in [9.17, 15) is 8.42 Å². The third kappa shape index (κ3) is 5.49. The number of hydrogen-bond acceptors (Lipinski definition) is 2. The van der Waals surface area contributed by atoms with E-state index >= 15 is 0 Å². The summed E-state index contributed by atoms with van der Waals surface area (Å²) in [6.45, 7) is 5.42. The van der Waals surface area contributed by atoms with Crippen LogP contribution in [0.15, 0.2) is 24.3 Å². The molecule has 130 valence electrons. The van der Waals surface area contributed by atoms with E-state index in [1.807, 2.05) is 12.1 Å². The largest absolute Gasteiger partial charge is 0.228 e. The van der Waals surface area contributed by atoms with Gasteiger partial charge in [0.2, 0.25) is 0 Å². The lowest BCUT2D eigenvalue weighted by Crippen LogP contribution is -2.34. The summed E-state index contributed by atoms with van der Waals surface area (Å²) in [6.07, 6.45) is 6.73. The lowest BCUT2D eigenvalue weighted by molar-refractivity contribution is 0.278. The van der Waals surface area contributed by atoms with Crippen LogP contribution < -0.4 is 0 Å². The highest BCUT2D eigenvalue weighted by Crippen LogP contribution is 2.34. The molecule has 1 aromatic carbocycles. The minimum absolute atomic E-state index is 0.353. The maximum absolute atomic E-state index is 12.3. The van der Waals surface area contributed by atoms with Gasteiger partial charge in [-0.3, -0.25) is 0 Å². The van der Waals surface area contributed by atoms with Crippen LogP contribution in [0.25, 0.3) is 0 Å². The van der Waals surface area contributed by atoms with Crippen LogP contribution in [0.1, 0.15) is 58.4 Å². The molecule has 2 nitrogen and oxygen atoms in total. The first-order valence-electron chi connectivity index (χ1n) is 8.64. The van der Waals surface area contributed by atoms with Gasteiger partial charge in [0.15, 0.2) is 9.84 Å². The molecule has 0 unspecified atom stereocenters. The number of halogens is 1. The lowest BCUT2D eigenvalue weighted by atomic mass is 9.80. The molecule has 0 radical (unpaired) electrons. The summed E-state index contributed by atoms with van der Waals surface area (Å²) < 4.78 is 24.0. The van der Waals surface area contributed by atoms with Crippen LogP contribution in [-0.2, 0) is 16.3 Å². The maximum atomic E-state index is 12.3. The summed E-state index contributed by atoms with van der Waals surface area (Å²) in [5.74, 6) is 1.45. The van der Waals surface area contributed by atoms with Crippen molar-refractivity contribution >= 4 is 21.4 Å². The van der Waals surface area contributed by atoms with Crippen LogP contribution in [0.3, 0.4) is 0 Å². The van der Waals surface area contributed by atoms with Crippen molar-refractivity contribution in [3.63, 3.8) is 0 Å². The van der Waals surface area contributed by atoms with E-state index in [1.165, 1.54) is 12.0 Å². The SMILES string of the molecule is CC(C)(C)S(=O)(=O)CC1CCC(CCc2ccc(Cl)cc2)CC1. The first-order valence-corrected chi connectivity index (χ1v) is 10.7. The van der Waals surface area contributed by atoms with Gasteiger partial charge in [0.1, 0.15) is 0 Å². The maximum Gasteiger partial charge on any atom is 0.155 e. The lowest BCUT2D eigenvalue weighted by Gasteiger charge is -2.30. The van der Waals surface area contributed by atoms with E-state index in [-0.39, 0.29) is 0 Å². The molecule has 0 aromatic heterocycles. The van der Waals surface area contributed by atoms with Gasteiger partial charge in [-0.25, -0.2) is 8.42 Å². The molecule has 0 atom stereocenters. The van der Waals surface area contributed by atoms with Gasteiger partial charge in [-0.2, -0.15) is 0 Å². The Hall–Kier alpha value is -0.540. The Morgan fingerprint density at radius 2 is 1.52 bits per heavy atom. The van der Waals surface area contributed by atoms with Gasteiger partial charge >= 0.3 is 0 Å². The molecule has 4 heteroatoms. The number of hydrogen-bond donors (Lipinski definition) is 0. The second-order valence-electron chi connectivity index (χ2n) is 7.95. The molecule has 2 rings (SSSR count). The normalized spacial score (nSPS) is 23.0. The Morgan fingerprint density at radius 3 is 2.04 bits per heavy atom. The third-order valence-electron chi connectivity index (χ3n) is 5.11. The standard InChI is InChI=1S/C19H29ClO2S/c1-19(2,3)23(21,22)14-17-8-6-15(7-9-17)4-5-16-10-12-18(20)13-11-16/h10-13,15,17H,4-9,14H2,1-3H3. The van der Waals surface area contributed by atoms with Crippen LogP contribution >= 0.6 is 11.6 Å². The van der Waals surface area contributed by atoms with Crippen molar-refractivity contribution in [1.82, 2.24) is 0 Å². The molecule has 1 aromatic rings. The topological polar surface area (TPSA) is 34.1 Å². The zero-order chi connectivity index (χ0) is 17.1. The molecule has 0 bridgehead atoms. The first kappa shape index (κ1) is 18.8. The average Bonchev–Trinajstić information content (AvgIpc) is 2.47. The zero-order valence-electron chi connectivity index (χ0n) is 14.5. The van der Waals surface area contributed by atoms with E-state index in [1.54, 1.807) is 20.8 Å². The molecule has 23 heavy (non-hydrogen) atoms. The number of sulfone groups is 1. The molecule has 1 aliphatic carbocycles. The van der Waals surface area contributed by atoms with E-state index in [0.717, 1.165) is 43.0 Å². The highest BCUT2D eigenvalue weighted by atomic mass is 35.5. The fraction of sp³-hybridized carbons (Fsp3) is 0.684. The Labute approximate surface area is 146 Å². The van der Waals surface area contributed by atoms with Crippen molar-refractivity contribution in [3.05, 3.63) is 34.9 Å². The van der Waals surface area contributed by atoms with E-state index in [0.29, 0.717) is 11.7 Å². The van der Waals surface area contributed by atoms with Gasteiger partial charge in [0.05, 0.1) is 10.5 Å². The Balaban J connectivity index is 1.77. The smallest absolute Gasteiger partial charge is 0.155 e. The summed E-state index contributed by atoms with van der Waals surface area (Å²) in [5.41, 5.74) is 1.34. The zero-order valence-corrected chi connectivity index (χ0v) is 16.1. The van der Waals surface area contributed by atoms with Crippen molar-refractivity contribution < 1.29 is 8.42 Å². The van der Waals surface area contributed by atoms with E-state index in [4.69, 9.17) is 11.6 Å². The molecule has 1 aliphatic rings. The van der Waals surface area contributed by atoms with Crippen LogP contribution in [-0.4, -0.2) is 18.9 Å². The number of benzene rings is 1. The second-order valence-corrected chi connectivity index (χ2v) is 11.2. The van der Waals surface area contributed by atoms with Gasteiger partial charge < -0.3 is 0 Å². The van der Waals surface area contributed by atoms with Crippen LogP contribution in [0.4, 0.5) is 0 Å². The molecule has 0 N–H and O–H groups in total. The van der Waals surface area contributed by atoms with E-state index in [2.05, 4.69) is 12.1 Å². The van der Waals surface area contributed by atoms with E-state index < -0.39 is 14.6 Å². The van der Waals surface area contributed by atoms with Crippen molar-refractivity contribution in [3.8, 4) is 0 Å². The molecular weight excluding hydrogens is 328 g/mol. The second kappa shape index (κ2) is 7.57. The van der Waals surface area contributed by atoms with Crippen molar-refractivity contribution in [1.29, 1.82) is 0 Å². The molecular formula is C19H29ClO2S. The number of rotatable bonds is 5. The molecule has 1 saturated carbocycles. The Kier molecular flexibility index (Phi) is 6.18. The predicted molar refractivity (Wildman–Crippen MR) is 98.8 cm³/mol. The first-order chi connectivity index (χ1) is 10.7. The highest BCUT2D eigenvalue weighted by molar-refractivity contribution is 7.92. The summed E-state index contributed by atoms with van der Waals surface area (Å²) >= 11 is 5.91. The summed E-state index contributed by atoms with van der Waals surface area (Å²) in [4.78, 5) is 0. The van der Waals surface area contributed by atoms with Gasteiger partial charge in [0, 0.05) is 5.02 Å². The molecule has 0 aliphatic heterocycles. The minimum atomic E-state index is -2.99. The van der Waals surface area contributed by atoms with Gasteiger partial charge in [-0.05, 0) is 76.0 Å². The van der Waals surface area contributed by atoms with Crippen LogP contribution in [0.5, 0.6) is 0 Å². The predicted octanol–water partition coefficient (Wildman–Crippen LogP) is 5.29. The van der Waals surface area contributed by atoms with Crippen molar-refractivity contribution in [2.75, 3.05) is 5.75 Å². The summed E-state index contributed by atoms with van der Waals surface area (Å²) in [6, 6.07) is 8.10. The molecule has 0 spiro atoms. The highest BCUT2D eigenvalue weighted by Gasteiger charge is 2.33. The minimum Gasteiger partial charge on any atom is -0.228 e. The summed E-state index contributed by atoms with van der Waals surface area (Å²) in [5, 5.41) is 0.786. The number of aryl methyl sites for hydroxylation is 1. The van der Waals surface area contributed by atoms with Crippen molar-refractivity contribution in [2.45, 2.75) is 64.0 Å². The molecule has 1 fully saturated rings. The van der Waals surface area contributed by atoms with Crippen molar-refractivity contribution in [2.24, 2.45) is 11.8 Å². The Morgan fingerprint density at radius 1 is 1.00 bits per heavy atom. The van der Waals surface area contributed by atoms with Gasteiger partial charge in [-0.15, -0.1) is 0 Å². The van der Waals surface area contributed by atoms with Crippen LogP contribution in [0, 0.1) is 11.8 Å². The monoisotopic (exact) mass is 356 g/mol. The fourth-order valence-electron chi connectivity index (χ4n) is 3.27. The molecule has 0 saturated heterocycles. The Bertz CT molecular complexity index is 591. The van der Waals surface area contributed by atoms with Gasteiger partial charge in [0.25, 0.3) is 0 Å². The summed E-state index contributed by atoms with van der Waals surface area (Å²) in [7, 11) is -2.99. The molecule has 0 heterocycles. The third-order valence-corrected chi connectivity index (χ3v) is 8.14. The quantitative estimate of drug-likeness (QED) is 0.718. The average molecular weight is 357 g/mol. The molecule has 0 amide bonds. The van der Waals surface area contributed by atoms with Crippen LogP contribution in [0.2, 0.25) is 5.02 Å².